The highest BCUT2D eigenvalue weighted by molar-refractivity contribution is 7.15. The van der Waals surface area contributed by atoms with Crippen LogP contribution in [0, 0.1) is 0 Å². The van der Waals surface area contributed by atoms with Gasteiger partial charge in [-0.15, -0.1) is 11.3 Å². The van der Waals surface area contributed by atoms with Crippen LogP contribution in [-0.4, -0.2) is 4.98 Å². The first kappa shape index (κ1) is 10.5. The molecule has 2 nitrogen and oxygen atoms in total. The van der Waals surface area contributed by atoms with E-state index < -0.39 is 0 Å². The van der Waals surface area contributed by atoms with Gasteiger partial charge in [-0.1, -0.05) is 34.6 Å². The van der Waals surface area contributed by atoms with Crippen molar-refractivity contribution in [2.75, 3.05) is 5.73 Å². The molecule has 0 aliphatic rings. The first-order valence-corrected chi connectivity index (χ1v) is 5.40. The van der Waals surface area contributed by atoms with Crippen molar-refractivity contribution >= 4 is 16.5 Å². The molecule has 0 fully saturated rings. The number of nitrogen functional groups attached to an aromatic ring is 1. The lowest BCUT2D eigenvalue weighted by atomic mass is 9.89. The zero-order valence-electron chi connectivity index (χ0n) is 9.01. The third kappa shape index (κ3) is 2.21. The van der Waals surface area contributed by atoms with Crippen molar-refractivity contribution in [1.82, 2.24) is 4.98 Å². The van der Waals surface area contributed by atoms with Crippen LogP contribution in [0.4, 0.5) is 5.13 Å². The highest BCUT2D eigenvalue weighted by Crippen LogP contribution is 2.35. The van der Waals surface area contributed by atoms with E-state index in [1.54, 1.807) is 11.3 Å². The molecule has 3 heteroatoms. The Morgan fingerprint density at radius 2 is 1.85 bits per heavy atom. The molecule has 1 aromatic heterocycles. The fraction of sp³-hybridized carbons (Fsp3) is 0.700. The Hall–Kier alpha value is -0.570. The standard InChI is InChI=1S/C10H18N2S/c1-6(2)7-8(10(3,4)5)12-9(11)13-7/h6H,1-5H3,(H2,11,12). The van der Waals surface area contributed by atoms with Gasteiger partial charge in [0, 0.05) is 10.3 Å². The van der Waals surface area contributed by atoms with E-state index >= 15 is 0 Å². The van der Waals surface area contributed by atoms with Crippen LogP contribution in [0.5, 0.6) is 0 Å². The number of thiazole rings is 1. The third-order valence-electron chi connectivity index (χ3n) is 1.90. The molecule has 0 bridgehead atoms. The molecule has 0 aliphatic carbocycles. The maximum absolute atomic E-state index is 5.72. The van der Waals surface area contributed by atoms with Crippen molar-refractivity contribution in [3.05, 3.63) is 10.6 Å². The minimum atomic E-state index is 0.105. The topological polar surface area (TPSA) is 38.9 Å². The van der Waals surface area contributed by atoms with Gasteiger partial charge in [-0.2, -0.15) is 0 Å². The number of nitrogens with zero attached hydrogens (tertiary/aromatic N) is 1. The summed E-state index contributed by atoms with van der Waals surface area (Å²) in [6.07, 6.45) is 0. The van der Waals surface area contributed by atoms with Gasteiger partial charge in [0.05, 0.1) is 5.69 Å². The van der Waals surface area contributed by atoms with E-state index in [-0.39, 0.29) is 5.41 Å². The van der Waals surface area contributed by atoms with Crippen LogP contribution >= 0.6 is 11.3 Å². The van der Waals surface area contributed by atoms with Crippen LogP contribution < -0.4 is 5.73 Å². The third-order valence-corrected chi connectivity index (χ3v) is 3.09. The lowest BCUT2D eigenvalue weighted by Crippen LogP contribution is -2.14. The van der Waals surface area contributed by atoms with Crippen molar-refractivity contribution in [2.24, 2.45) is 0 Å². The fourth-order valence-electron chi connectivity index (χ4n) is 1.28. The molecule has 0 atom stereocenters. The predicted molar refractivity (Wildman–Crippen MR) is 59.3 cm³/mol. The summed E-state index contributed by atoms with van der Waals surface area (Å²) in [4.78, 5) is 5.72. The van der Waals surface area contributed by atoms with E-state index in [1.165, 1.54) is 4.88 Å². The molecular weight excluding hydrogens is 180 g/mol. The minimum Gasteiger partial charge on any atom is -0.375 e. The van der Waals surface area contributed by atoms with Gasteiger partial charge >= 0.3 is 0 Å². The molecule has 1 aromatic rings. The normalized spacial score (nSPS) is 12.5. The Balaban J connectivity index is 3.20. The van der Waals surface area contributed by atoms with Crippen molar-refractivity contribution in [3.8, 4) is 0 Å². The van der Waals surface area contributed by atoms with Crippen molar-refractivity contribution < 1.29 is 0 Å². The monoisotopic (exact) mass is 198 g/mol. The maximum atomic E-state index is 5.72. The number of anilines is 1. The molecule has 0 aromatic carbocycles. The van der Waals surface area contributed by atoms with E-state index in [2.05, 4.69) is 39.6 Å². The van der Waals surface area contributed by atoms with Gasteiger partial charge in [-0.05, 0) is 5.92 Å². The number of aromatic nitrogens is 1. The Bertz CT molecular complexity index is 294. The summed E-state index contributed by atoms with van der Waals surface area (Å²) < 4.78 is 0. The first-order chi connectivity index (χ1) is 5.82. The lowest BCUT2D eigenvalue weighted by molar-refractivity contribution is 0.562. The van der Waals surface area contributed by atoms with Gasteiger partial charge in [0.25, 0.3) is 0 Å². The summed E-state index contributed by atoms with van der Waals surface area (Å²) in [6.45, 7) is 10.9. The minimum absolute atomic E-state index is 0.105. The largest absolute Gasteiger partial charge is 0.375 e. The molecule has 0 unspecified atom stereocenters. The second kappa shape index (κ2) is 3.29. The molecule has 2 N–H and O–H groups in total. The quantitative estimate of drug-likeness (QED) is 0.753. The molecule has 1 heterocycles. The van der Waals surface area contributed by atoms with Crippen LogP contribution in [-0.2, 0) is 5.41 Å². The second-order valence-corrected chi connectivity index (χ2v) is 5.73. The average Bonchev–Trinajstić information content (AvgIpc) is 2.29. The summed E-state index contributed by atoms with van der Waals surface area (Å²) in [5, 5.41) is 0.689. The molecule has 1 rings (SSSR count). The molecule has 0 radical (unpaired) electrons. The number of rotatable bonds is 1. The zero-order valence-corrected chi connectivity index (χ0v) is 9.83. The van der Waals surface area contributed by atoms with Gasteiger partial charge in [-0.3, -0.25) is 0 Å². The molecule has 0 saturated carbocycles. The molecule has 0 amide bonds. The average molecular weight is 198 g/mol. The van der Waals surface area contributed by atoms with Crippen LogP contribution in [0.1, 0.15) is 51.1 Å². The maximum Gasteiger partial charge on any atom is 0.180 e. The molecule has 13 heavy (non-hydrogen) atoms. The van der Waals surface area contributed by atoms with Crippen molar-refractivity contribution in [3.63, 3.8) is 0 Å². The summed E-state index contributed by atoms with van der Waals surface area (Å²) in [5.74, 6) is 0.518. The smallest absolute Gasteiger partial charge is 0.180 e. The summed E-state index contributed by atoms with van der Waals surface area (Å²) in [6, 6.07) is 0. The van der Waals surface area contributed by atoms with Gasteiger partial charge in [0.1, 0.15) is 0 Å². The van der Waals surface area contributed by atoms with E-state index in [0.717, 1.165) is 5.69 Å². The number of nitrogens with two attached hydrogens (primary N) is 1. The van der Waals surface area contributed by atoms with Crippen LogP contribution in [0.3, 0.4) is 0 Å². The first-order valence-electron chi connectivity index (χ1n) is 4.59. The highest BCUT2D eigenvalue weighted by Gasteiger charge is 2.23. The number of hydrogen-bond acceptors (Lipinski definition) is 3. The molecular formula is C10H18N2S. The van der Waals surface area contributed by atoms with E-state index in [4.69, 9.17) is 5.73 Å². The molecule has 0 aliphatic heterocycles. The van der Waals surface area contributed by atoms with Crippen LogP contribution in [0.2, 0.25) is 0 Å². The summed E-state index contributed by atoms with van der Waals surface area (Å²) in [7, 11) is 0. The van der Waals surface area contributed by atoms with Crippen molar-refractivity contribution in [1.29, 1.82) is 0 Å². The fourth-order valence-corrected chi connectivity index (χ4v) is 2.32. The summed E-state index contributed by atoms with van der Waals surface area (Å²) >= 11 is 1.62. The SMILES string of the molecule is CC(C)c1sc(N)nc1C(C)(C)C. The zero-order chi connectivity index (χ0) is 10.2. The van der Waals surface area contributed by atoms with Crippen LogP contribution in [0.25, 0.3) is 0 Å². The van der Waals surface area contributed by atoms with Gasteiger partial charge in [0.15, 0.2) is 5.13 Å². The molecule has 74 valence electrons. The second-order valence-electron chi connectivity index (χ2n) is 4.67. The van der Waals surface area contributed by atoms with Crippen LogP contribution in [0.15, 0.2) is 0 Å². The summed E-state index contributed by atoms with van der Waals surface area (Å²) in [5.41, 5.74) is 6.98. The van der Waals surface area contributed by atoms with E-state index in [9.17, 15) is 0 Å². The van der Waals surface area contributed by atoms with Gasteiger partial charge in [0.2, 0.25) is 0 Å². The Kier molecular flexibility index (Phi) is 2.66. The van der Waals surface area contributed by atoms with Gasteiger partial charge in [-0.25, -0.2) is 4.98 Å². The van der Waals surface area contributed by atoms with Gasteiger partial charge < -0.3 is 5.73 Å². The highest BCUT2D eigenvalue weighted by atomic mass is 32.1. The Labute approximate surface area is 84.2 Å². The number of hydrogen-bond donors (Lipinski definition) is 1. The predicted octanol–water partition coefficient (Wildman–Crippen LogP) is 3.15. The Morgan fingerprint density at radius 1 is 1.31 bits per heavy atom. The van der Waals surface area contributed by atoms with Crippen molar-refractivity contribution in [2.45, 2.75) is 46.0 Å². The van der Waals surface area contributed by atoms with E-state index in [0.29, 0.717) is 11.0 Å². The van der Waals surface area contributed by atoms with E-state index in [1.807, 2.05) is 0 Å². The molecule has 0 saturated heterocycles. The molecule has 0 spiro atoms. The lowest BCUT2D eigenvalue weighted by Gasteiger charge is -2.18. The Morgan fingerprint density at radius 3 is 2.15 bits per heavy atom.